The molecule has 0 bridgehead atoms. The molecule has 0 saturated carbocycles. The van der Waals surface area contributed by atoms with Gasteiger partial charge in [0.15, 0.2) is 0 Å². The fourth-order valence-corrected chi connectivity index (χ4v) is 2.66. The number of rotatable bonds is 7. The second kappa shape index (κ2) is 11.2. The molecule has 0 spiro atoms. The molecule has 2 aromatic carbocycles. The number of pyridine rings is 1. The van der Waals surface area contributed by atoms with E-state index < -0.39 is 0 Å². The van der Waals surface area contributed by atoms with Crippen LogP contribution in [0.4, 0.5) is 0 Å². The lowest BCUT2D eigenvalue weighted by atomic mass is 10.0. The van der Waals surface area contributed by atoms with Gasteiger partial charge < -0.3 is 9.47 Å². The van der Waals surface area contributed by atoms with Crippen molar-refractivity contribution in [2.75, 3.05) is 13.2 Å². The van der Waals surface area contributed by atoms with E-state index in [1.54, 1.807) is 0 Å². The number of benzene rings is 2. The molecular weight excluding hydrogens is 334 g/mol. The summed E-state index contributed by atoms with van der Waals surface area (Å²) < 4.78 is 11.7. The summed E-state index contributed by atoms with van der Waals surface area (Å²) in [6.45, 7) is 9.84. The molecule has 0 aliphatic heterocycles. The van der Waals surface area contributed by atoms with Gasteiger partial charge in [0, 0.05) is 23.2 Å². The lowest BCUT2D eigenvalue weighted by molar-refractivity contribution is 0.302. The number of hydrogen-bond acceptors (Lipinski definition) is 3. The fraction of sp³-hybridized carbons (Fsp3) is 0.375. The van der Waals surface area contributed by atoms with Gasteiger partial charge in [0.05, 0.1) is 18.9 Å². The maximum Gasteiger partial charge on any atom is 0.123 e. The Balaban J connectivity index is 0.000000817. The highest BCUT2D eigenvalue weighted by Gasteiger charge is 2.09. The van der Waals surface area contributed by atoms with Crippen molar-refractivity contribution in [1.29, 1.82) is 0 Å². The fourth-order valence-electron chi connectivity index (χ4n) is 2.66. The van der Waals surface area contributed by atoms with Crippen molar-refractivity contribution in [2.24, 2.45) is 0 Å². The van der Waals surface area contributed by atoms with Gasteiger partial charge in [0.1, 0.15) is 11.5 Å². The van der Waals surface area contributed by atoms with Crippen LogP contribution in [0.3, 0.4) is 0 Å². The molecule has 3 heteroatoms. The van der Waals surface area contributed by atoms with Crippen molar-refractivity contribution in [3.8, 4) is 22.8 Å². The summed E-state index contributed by atoms with van der Waals surface area (Å²) >= 11 is 0. The van der Waals surface area contributed by atoms with E-state index in [0.29, 0.717) is 13.2 Å². The SMILES string of the molecule is CCC.CCCOc1cc(OCCC)cc(-c2nccc3ccccc23)c1. The summed E-state index contributed by atoms with van der Waals surface area (Å²) in [4.78, 5) is 4.61. The summed E-state index contributed by atoms with van der Waals surface area (Å²) in [6.07, 6.45) is 5.05. The lowest BCUT2D eigenvalue weighted by Gasteiger charge is -2.13. The predicted octanol–water partition coefficient (Wildman–Crippen LogP) is 6.90. The van der Waals surface area contributed by atoms with Gasteiger partial charge in [-0.25, -0.2) is 0 Å². The van der Waals surface area contributed by atoms with Crippen LogP contribution >= 0.6 is 0 Å². The molecule has 0 aliphatic rings. The minimum Gasteiger partial charge on any atom is -0.493 e. The smallest absolute Gasteiger partial charge is 0.123 e. The average Bonchev–Trinajstić information content (AvgIpc) is 2.70. The van der Waals surface area contributed by atoms with E-state index in [9.17, 15) is 0 Å². The summed E-state index contributed by atoms with van der Waals surface area (Å²) in [5.74, 6) is 1.66. The Bertz CT molecular complexity index is 798. The number of hydrogen-bond donors (Lipinski definition) is 0. The highest BCUT2D eigenvalue weighted by molar-refractivity contribution is 5.94. The first kappa shape index (κ1) is 20.8. The zero-order valence-corrected chi connectivity index (χ0v) is 17.0. The maximum absolute atomic E-state index is 5.84. The Morgan fingerprint density at radius 2 is 1.37 bits per heavy atom. The Labute approximate surface area is 163 Å². The molecule has 0 N–H and O–H groups in total. The lowest BCUT2D eigenvalue weighted by Crippen LogP contribution is -1.99. The van der Waals surface area contributed by atoms with Crippen LogP contribution in [0, 0.1) is 0 Å². The van der Waals surface area contributed by atoms with E-state index in [1.807, 2.05) is 42.6 Å². The maximum atomic E-state index is 5.84. The van der Waals surface area contributed by atoms with E-state index in [0.717, 1.165) is 41.0 Å². The Hall–Kier alpha value is -2.55. The molecule has 3 rings (SSSR count). The van der Waals surface area contributed by atoms with Gasteiger partial charge in [-0.15, -0.1) is 0 Å². The van der Waals surface area contributed by atoms with E-state index >= 15 is 0 Å². The van der Waals surface area contributed by atoms with Crippen molar-refractivity contribution in [2.45, 2.75) is 47.0 Å². The van der Waals surface area contributed by atoms with Crippen LogP contribution in [0.5, 0.6) is 11.5 Å². The van der Waals surface area contributed by atoms with Crippen LogP contribution in [0.1, 0.15) is 47.0 Å². The normalized spacial score (nSPS) is 10.2. The summed E-state index contributed by atoms with van der Waals surface area (Å²) in [7, 11) is 0. The minimum atomic E-state index is 0.694. The van der Waals surface area contributed by atoms with Crippen LogP contribution in [-0.2, 0) is 0 Å². The first-order valence-corrected chi connectivity index (χ1v) is 9.98. The van der Waals surface area contributed by atoms with Gasteiger partial charge >= 0.3 is 0 Å². The molecular formula is C24H31NO2. The van der Waals surface area contributed by atoms with E-state index in [-0.39, 0.29) is 0 Å². The van der Waals surface area contributed by atoms with Crippen LogP contribution in [0.2, 0.25) is 0 Å². The Morgan fingerprint density at radius 1 is 0.778 bits per heavy atom. The van der Waals surface area contributed by atoms with Crippen LogP contribution < -0.4 is 9.47 Å². The van der Waals surface area contributed by atoms with Gasteiger partial charge in [0.2, 0.25) is 0 Å². The monoisotopic (exact) mass is 365 g/mol. The molecule has 27 heavy (non-hydrogen) atoms. The molecule has 0 radical (unpaired) electrons. The summed E-state index contributed by atoms with van der Waals surface area (Å²) in [5.41, 5.74) is 1.97. The molecule has 0 atom stereocenters. The Morgan fingerprint density at radius 3 is 1.96 bits per heavy atom. The highest BCUT2D eigenvalue weighted by atomic mass is 16.5. The molecule has 0 aliphatic carbocycles. The van der Waals surface area contributed by atoms with Crippen molar-refractivity contribution in [1.82, 2.24) is 4.98 Å². The molecule has 3 aromatic rings. The number of fused-ring (bicyclic) bond motifs is 1. The van der Waals surface area contributed by atoms with Gasteiger partial charge in [-0.05, 0) is 36.4 Å². The molecule has 1 heterocycles. The van der Waals surface area contributed by atoms with Gasteiger partial charge in [-0.1, -0.05) is 58.4 Å². The zero-order chi connectivity index (χ0) is 19.5. The zero-order valence-electron chi connectivity index (χ0n) is 17.0. The minimum absolute atomic E-state index is 0.694. The molecule has 0 fully saturated rings. The number of nitrogens with zero attached hydrogens (tertiary/aromatic N) is 1. The van der Waals surface area contributed by atoms with Crippen molar-refractivity contribution in [3.05, 3.63) is 54.7 Å². The first-order chi connectivity index (χ1) is 13.2. The second-order valence-corrected chi connectivity index (χ2v) is 6.48. The predicted molar refractivity (Wildman–Crippen MR) is 115 cm³/mol. The topological polar surface area (TPSA) is 31.4 Å². The molecule has 1 aromatic heterocycles. The van der Waals surface area contributed by atoms with Crippen LogP contribution in [0.15, 0.2) is 54.7 Å². The van der Waals surface area contributed by atoms with Crippen LogP contribution in [-0.4, -0.2) is 18.2 Å². The summed E-state index contributed by atoms with van der Waals surface area (Å²) in [6, 6.07) is 16.4. The molecule has 0 saturated heterocycles. The molecule has 144 valence electrons. The molecule has 3 nitrogen and oxygen atoms in total. The molecule has 0 unspecified atom stereocenters. The largest absolute Gasteiger partial charge is 0.493 e. The number of aromatic nitrogens is 1. The third kappa shape index (κ3) is 5.99. The quantitative estimate of drug-likeness (QED) is 0.456. The van der Waals surface area contributed by atoms with Crippen molar-refractivity contribution in [3.63, 3.8) is 0 Å². The van der Waals surface area contributed by atoms with Gasteiger partial charge in [-0.2, -0.15) is 0 Å². The van der Waals surface area contributed by atoms with Gasteiger partial charge in [0.25, 0.3) is 0 Å². The third-order valence-corrected chi connectivity index (χ3v) is 3.77. The van der Waals surface area contributed by atoms with Gasteiger partial charge in [-0.3, -0.25) is 4.98 Å². The molecule has 0 amide bonds. The summed E-state index contributed by atoms with van der Waals surface area (Å²) in [5, 5.41) is 2.31. The van der Waals surface area contributed by atoms with E-state index in [2.05, 4.69) is 44.8 Å². The van der Waals surface area contributed by atoms with Crippen molar-refractivity contribution >= 4 is 10.8 Å². The standard InChI is InChI=1S/C21H23NO2.C3H8/c1-3-11-23-18-13-17(14-19(15-18)24-12-4-2)21-20-8-6-5-7-16(20)9-10-22-21;1-3-2/h5-10,13-15H,3-4,11-12H2,1-2H3;3H2,1-2H3. The Kier molecular flexibility index (Phi) is 8.63. The second-order valence-electron chi connectivity index (χ2n) is 6.48. The highest BCUT2D eigenvalue weighted by Crippen LogP contribution is 2.33. The average molecular weight is 366 g/mol. The first-order valence-electron chi connectivity index (χ1n) is 9.98. The van der Waals surface area contributed by atoms with Crippen molar-refractivity contribution < 1.29 is 9.47 Å². The van der Waals surface area contributed by atoms with E-state index in [1.165, 1.54) is 11.8 Å². The third-order valence-electron chi connectivity index (χ3n) is 3.77. The van der Waals surface area contributed by atoms with E-state index in [4.69, 9.17) is 9.47 Å². The number of ether oxygens (including phenoxy) is 2. The van der Waals surface area contributed by atoms with Crippen LogP contribution in [0.25, 0.3) is 22.0 Å².